The van der Waals surface area contributed by atoms with Crippen LogP contribution in [0.2, 0.25) is 0 Å². The van der Waals surface area contributed by atoms with E-state index in [0.717, 1.165) is 5.75 Å². The maximum atomic E-state index is 12.6. The molecule has 1 aliphatic rings. The summed E-state index contributed by atoms with van der Waals surface area (Å²) in [4.78, 5) is 16.9. The van der Waals surface area contributed by atoms with E-state index in [1.54, 1.807) is 13.0 Å². The molecular formula is C18H17N3O4. The fourth-order valence-corrected chi connectivity index (χ4v) is 2.86. The minimum atomic E-state index is -0.249. The summed E-state index contributed by atoms with van der Waals surface area (Å²) in [5.41, 5.74) is 2.20. The molecule has 1 aliphatic heterocycles. The number of para-hydroxylation sites is 2. The predicted octanol–water partition coefficient (Wildman–Crippen LogP) is 2.41. The summed E-state index contributed by atoms with van der Waals surface area (Å²) in [7, 11) is 0. The molecule has 4 rings (SSSR count). The van der Waals surface area contributed by atoms with E-state index < -0.39 is 0 Å². The van der Waals surface area contributed by atoms with E-state index in [1.165, 1.54) is 0 Å². The summed E-state index contributed by atoms with van der Waals surface area (Å²) in [6.07, 6.45) is -0.249. The highest BCUT2D eigenvalue weighted by atomic mass is 16.6. The van der Waals surface area contributed by atoms with Crippen LogP contribution >= 0.6 is 0 Å². The van der Waals surface area contributed by atoms with E-state index in [9.17, 15) is 4.79 Å². The number of amides is 1. The van der Waals surface area contributed by atoms with E-state index in [-0.39, 0.29) is 12.0 Å². The second kappa shape index (κ2) is 6.08. The van der Waals surface area contributed by atoms with Crippen molar-refractivity contribution in [2.45, 2.75) is 20.0 Å². The number of nitrogens with zero attached hydrogens (tertiary/aromatic N) is 2. The van der Waals surface area contributed by atoms with Gasteiger partial charge in [-0.25, -0.2) is 4.98 Å². The fraction of sp³-hybridized carbons (Fsp3) is 0.278. The van der Waals surface area contributed by atoms with Crippen molar-refractivity contribution in [3.63, 3.8) is 0 Å². The number of benzene rings is 1. The topological polar surface area (TPSA) is 86.5 Å². The smallest absolute Gasteiger partial charge is 0.258 e. The summed E-state index contributed by atoms with van der Waals surface area (Å²) < 4.78 is 16.7. The highest BCUT2D eigenvalue weighted by Gasteiger charge is 2.23. The normalized spacial score (nSPS) is 16.0. The monoisotopic (exact) mass is 339 g/mol. The van der Waals surface area contributed by atoms with Crippen LogP contribution in [0.4, 0.5) is 0 Å². The first kappa shape index (κ1) is 15.4. The first-order valence-corrected chi connectivity index (χ1v) is 8.02. The van der Waals surface area contributed by atoms with Gasteiger partial charge in [0.15, 0.2) is 11.5 Å². The van der Waals surface area contributed by atoms with Gasteiger partial charge in [-0.1, -0.05) is 17.3 Å². The van der Waals surface area contributed by atoms with Gasteiger partial charge in [-0.2, -0.15) is 0 Å². The van der Waals surface area contributed by atoms with Crippen LogP contribution in [0.5, 0.6) is 11.5 Å². The van der Waals surface area contributed by atoms with Crippen molar-refractivity contribution in [2.24, 2.45) is 0 Å². The van der Waals surface area contributed by atoms with Crippen LogP contribution in [0, 0.1) is 13.8 Å². The van der Waals surface area contributed by atoms with E-state index >= 15 is 0 Å². The first-order chi connectivity index (χ1) is 12.1. The number of carbonyl (C=O) groups excluding carboxylic acids is 1. The molecule has 7 heteroatoms. The molecule has 1 aromatic carbocycles. The maximum Gasteiger partial charge on any atom is 0.258 e. The van der Waals surface area contributed by atoms with Crippen molar-refractivity contribution < 1.29 is 18.8 Å². The number of rotatable bonds is 3. The lowest BCUT2D eigenvalue weighted by molar-refractivity contribution is 0.0790. The number of pyridine rings is 1. The average molecular weight is 339 g/mol. The van der Waals surface area contributed by atoms with Crippen LogP contribution < -0.4 is 14.8 Å². The summed E-state index contributed by atoms with van der Waals surface area (Å²) in [5.74, 6) is 1.19. The third-order valence-electron chi connectivity index (χ3n) is 4.05. The van der Waals surface area contributed by atoms with Crippen molar-refractivity contribution in [1.29, 1.82) is 0 Å². The number of aryl methyl sites for hydroxylation is 2. The Kier molecular flexibility index (Phi) is 3.76. The Morgan fingerprint density at radius 3 is 2.92 bits per heavy atom. The summed E-state index contributed by atoms with van der Waals surface area (Å²) in [6.45, 7) is 4.31. The van der Waals surface area contributed by atoms with Gasteiger partial charge in [0.2, 0.25) is 0 Å². The van der Waals surface area contributed by atoms with Gasteiger partial charge in [0.1, 0.15) is 12.7 Å². The van der Waals surface area contributed by atoms with Crippen LogP contribution in [0.3, 0.4) is 0 Å². The molecule has 0 saturated carbocycles. The third-order valence-corrected chi connectivity index (χ3v) is 4.05. The molecule has 0 radical (unpaired) electrons. The van der Waals surface area contributed by atoms with E-state index in [4.69, 9.17) is 14.0 Å². The van der Waals surface area contributed by atoms with Gasteiger partial charge in [0, 0.05) is 5.69 Å². The number of nitrogens with one attached hydrogen (secondary N) is 1. The number of hydrogen-bond acceptors (Lipinski definition) is 6. The molecule has 0 spiro atoms. The highest BCUT2D eigenvalue weighted by molar-refractivity contribution is 6.06. The molecule has 2 aromatic heterocycles. The summed E-state index contributed by atoms with van der Waals surface area (Å²) in [5, 5.41) is 7.42. The van der Waals surface area contributed by atoms with Gasteiger partial charge in [-0.15, -0.1) is 0 Å². The van der Waals surface area contributed by atoms with Crippen molar-refractivity contribution in [1.82, 2.24) is 15.5 Å². The zero-order valence-corrected chi connectivity index (χ0v) is 13.9. The zero-order valence-electron chi connectivity index (χ0n) is 13.9. The molecule has 7 nitrogen and oxygen atoms in total. The molecule has 0 unspecified atom stereocenters. The lowest BCUT2D eigenvalue weighted by atomic mass is 10.1. The third kappa shape index (κ3) is 2.88. The Hall–Kier alpha value is -3.09. The van der Waals surface area contributed by atoms with Gasteiger partial charge in [-0.05, 0) is 32.0 Å². The van der Waals surface area contributed by atoms with Gasteiger partial charge in [-0.3, -0.25) is 4.79 Å². The lowest BCUT2D eigenvalue weighted by Crippen LogP contribution is -2.40. The van der Waals surface area contributed by atoms with Crippen molar-refractivity contribution in [2.75, 3.05) is 13.2 Å². The minimum absolute atomic E-state index is 0.218. The van der Waals surface area contributed by atoms with Gasteiger partial charge in [0.25, 0.3) is 11.6 Å². The Morgan fingerprint density at radius 1 is 1.28 bits per heavy atom. The number of ether oxygens (including phenoxy) is 2. The average Bonchev–Trinajstić information content (AvgIpc) is 2.99. The molecule has 1 atom stereocenters. The maximum absolute atomic E-state index is 12.6. The number of aromatic nitrogens is 2. The molecule has 0 fully saturated rings. The van der Waals surface area contributed by atoms with Crippen LogP contribution in [0.1, 0.15) is 21.7 Å². The summed E-state index contributed by atoms with van der Waals surface area (Å²) in [6, 6.07) is 9.21. The van der Waals surface area contributed by atoms with Crippen molar-refractivity contribution in [3.8, 4) is 11.5 Å². The van der Waals surface area contributed by atoms with E-state index in [1.807, 2.05) is 31.2 Å². The fourth-order valence-electron chi connectivity index (χ4n) is 2.86. The van der Waals surface area contributed by atoms with Gasteiger partial charge >= 0.3 is 0 Å². The van der Waals surface area contributed by atoms with Crippen LogP contribution in [0.15, 0.2) is 34.9 Å². The first-order valence-electron chi connectivity index (χ1n) is 8.02. The Morgan fingerprint density at radius 2 is 2.08 bits per heavy atom. The van der Waals surface area contributed by atoms with Crippen LogP contribution in [-0.2, 0) is 0 Å². The molecule has 0 saturated heterocycles. The Balaban J connectivity index is 1.49. The molecule has 0 aliphatic carbocycles. The molecule has 1 amide bonds. The second-order valence-electron chi connectivity index (χ2n) is 5.97. The molecule has 25 heavy (non-hydrogen) atoms. The Labute approximate surface area is 143 Å². The van der Waals surface area contributed by atoms with E-state index in [2.05, 4.69) is 15.5 Å². The minimum Gasteiger partial charge on any atom is -0.486 e. The van der Waals surface area contributed by atoms with Crippen LogP contribution in [0.25, 0.3) is 11.1 Å². The number of hydrogen-bond donors (Lipinski definition) is 1. The van der Waals surface area contributed by atoms with Gasteiger partial charge < -0.3 is 19.3 Å². The summed E-state index contributed by atoms with van der Waals surface area (Å²) >= 11 is 0. The molecular weight excluding hydrogens is 322 g/mol. The van der Waals surface area contributed by atoms with Gasteiger partial charge in [0.05, 0.1) is 23.2 Å². The van der Waals surface area contributed by atoms with Crippen LogP contribution in [-0.4, -0.2) is 35.3 Å². The Bertz CT molecular complexity index is 951. The predicted molar refractivity (Wildman–Crippen MR) is 90.0 cm³/mol. The lowest BCUT2D eigenvalue weighted by Gasteiger charge is -2.26. The second-order valence-corrected chi connectivity index (χ2v) is 5.97. The SMILES string of the molecule is Cc1cc(C(=O)NC[C@@H]2COc3ccccc3O2)c2c(C)noc2n1. The number of carbonyl (C=O) groups is 1. The standard InChI is InChI=1S/C18H17N3O4/c1-10-7-13(16-11(2)21-25-18(16)20-10)17(22)19-8-12-9-23-14-5-3-4-6-15(14)24-12/h3-7,12H,8-9H2,1-2H3,(H,19,22)/t12-/m1/s1. The quantitative estimate of drug-likeness (QED) is 0.788. The van der Waals surface area contributed by atoms with Crippen molar-refractivity contribution >= 4 is 17.0 Å². The largest absolute Gasteiger partial charge is 0.486 e. The molecule has 128 valence electrons. The van der Waals surface area contributed by atoms with E-state index in [0.29, 0.717) is 47.0 Å². The molecule has 1 N–H and O–H groups in total. The zero-order chi connectivity index (χ0) is 17.4. The molecule has 0 bridgehead atoms. The molecule has 3 heterocycles. The molecule has 3 aromatic rings. The van der Waals surface area contributed by atoms with Crippen molar-refractivity contribution in [3.05, 3.63) is 47.3 Å². The highest BCUT2D eigenvalue weighted by Crippen LogP contribution is 2.30. The number of fused-ring (bicyclic) bond motifs is 2.